The number of hydrogen-bond acceptors (Lipinski definition) is 4. The molecule has 3 N–H and O–H groups in total. The number of hydrogen-bond donors (Lipinski definition) is 3. The van der Waals surface area contributed by atoms with Crippen molar-refractivity contribution in [2.45, 2.75) is 31.7 Å². The van der Waals surface area contributed by atoms with Crippen molar-refractivity contribution in [1.82, 2.24) is 4.90 Å². The van der Waals surface area contributed by atoms with Gasteiger partial charge in [0.25, 0.3) is 0 Å². The van der Waals surface area contributed by atoms with Crippen LogP contribution in [-0.2, 0) is 0 Å². The van der Waals surface area contributed by atoms with Gasteiger partial charge < -0.3 is 15.3 Å². The Kier molecular flexibility index (Phi) is 3.46. The Morgan fingerprint density at radius 2 is 1.83 bits per heavy atom. The van der Waals surface area contributed by atoms with E-state index in [9.17, 15) is 15.3 Å². The predicted octanol–water partition coefficient (Wildman–Crippen LogP) is -1.21. The largest absolute Gasteiger partial charge is 0.392 e. The number of aliphatic hydroxyl groups excluding tert-OH is 3. The molecule has 1 heterocycles. The highest BCUT2D eigenvalue weighted by Crippen LogP contribution is 2.10. The van der Waals surface area contributed by atoms with Crippen LogP contribution < -0.4 is 0 Å². The molecule has 3 atom stereocenters. The number of rotatable bonds is 3. The first-order chi connectivity index (χ1) is 5.63. The third kappa shape index (κ3) is 2.42. The summed E-state index contributed by atoms with van der Waals surface area (Å²) < 4.78 is 0. The van der Waals surface area contributed by atoms with Crippen LogP contribution >= 0.6 is 0 Å². The van der Waals surface area contributed by atoms with Gasteiger partial charge in [-0.15, -0.1) is 0 Å². The number of β-amino-alcohol motifs (C(OH)–C–C–N with tert-alkyl or cyclic N) is 3. The van der Waals surface area contributed by atoms with E-state index in [4.69, 9.17) is 0 Å². The molecule has 0 aromatic carbocycles. The molecule has 0 saturated carbocycles. The Labute approximate surface area is 72.4 Å². The Morgan fingerprint density at radius 3 is 2.25 bits per heavy atom. The summed E-state index contributed by atoms with van der Waals surface area (Å²) in [6.45, 7) is 3.40. The van der Waals surface area contributed by atoms with E-state index in [0.717, 1.165) is 0 Å². The molecule has 0 aromatic heterocycles. The average molecular weight is 175 g/mol. The van der Waals surface area contributed by atoms with E-state index in [1.165, 1.54) is 0 Å². The maximum Gasteiger partial charge on any atom is 0.0938 e. The standard InChI is InChI=1S/C8H17NO3/c1-2-6(10)3-9-4-7(11)8(12)5-9/h6-8,10-12H,2-5H2,1H3/t6?,7-,8+. The van der Waals surface area contributed by atoms with E-state index in [-0.39, 0.29) is 6.10 Å². The molecule has 0 amide bonds. The van der Waals surface area contributed by atoms with Gasteiger partial charge in [-0.3, -0.25) is 4.90 Å². The molecule has 1 aliphatic rings. The number of aliphatic hydroxyl groups is 3. The summed E-state index contributed by atoms with van der Waals surface area (Å²) in [6.07, 6.45) is -0.923. The van der Waals surface area contributed by atoms with Crippen molar-refractivity contribution in [1.29, 1.82) is 0 Å². The van der Waals surface area contributed by atoms with E-state index < -0.39 is 12.2 Å². The number of likely N-dealkylation sites (tertiary alicyclic amines) is 1. The maximum absolute atomic E-state index is 9.29. The van der Waals surface area contributed by atoms with Crippen LogP contribution in [-0.4, -0.2) is 58.2 Å². The highest BCUT2D eigenvalue weighted by Gasteiger charge is 2.29. The molecule has 0 spiro atoms. The fourth-order valence-electron chi connectivity index (χ4n) is 1.42. The molecule has 4 heteroatoms. The van der Waals surface area contributed by atoms with Gasteiger partial charge in [0.2, 0.25) is 0 Å². The van der Waals surface area contributed by atoms with Crippen LogP contribution in [0.5, 0.6) is 0 Å². The Morgan fingerprint density at radius 1 is 1.33 bits per heavy atom. The molecule has 12 heavy (non-hydrogen) atoms. The van der Waals surface area contributed by atoms with Gasteiger partial charge in [0.15, 0.2) is 0 Å². The summed E-state index contributed by atoms with van der Waals surface area (Å²) in [5, 5.41) is 27.6. The van der Waals surface area contributed by atoms with E-state index in [0.29, 0.717) is 26.1 Å². The van der Waals surface area contributed by atoms with Crippen molar-refractivity contribution in [2.75, 3.05) is 19.6 Å². The fourth-order valence-corrected chi connectivity index (χ4v) is 1.42. The summed E-state index contributed by atoms with van der Waals surface area (Å²) >= 11 is 0. The quantitative estimate of drug-likeness (QED) is 0.504. The van der Waals surface area contributed by atoms with Crippen LogP contribution in [0.15, 0.2) is 0 Å². The average Bonchev–Trinajstić information content (AvgIpc) is 2.31. The van der Waals surface area contributed by atoms with E-state index in [1.807, 2.05) is 11.8 Å². The highest BCUT2D eigenvalue weighted by molar-refractivity contribution is 4.83. The second-order valence-corrected chi connectivity index (χ2v) is 3.42. The molecule has 0 radical (unpaired) electrons. The van der Waals surface area contributed by atoms with E-state index in [2.05, 4.69) is 0 Å². The summed E-state index contributed by atoms with van der Waals surface area (Å²) in [7, 11) is 0. The minimum atomic E-state index is -0.644. The second kappa shape index (κ2) is 4.18. The molecule has 1 aliphatic heterocycles. The summed E-state index contributed by atoms with van der Waals surface area (Å²) in [5.41, 5.74) is 0. The van der Waals surface area contributed by atoms with E-state index >= 15 is 0 Å². The van der Waals surface area contributed by atoms with Crippen LogP contribution in [0, 0.1) is 0 Å². The fraction of sp³-hybridized carbons (Fsp3) is 1.00. The first kappa shape index (κ1) is 9.92. The van der Waals surface area contributed by atoms with Crippen molar-refractivity contribution in [2.24, 2.45) is 0 Å². The SMILES string of the molecule is CCC(O)CN1C[C@@H](O)[C@@H](O)C1. The van der Waals surface area contributed by atoms with Crippen LogP contribution in [0.4, 0.5) is 0 Å². The summed E-state index contributed by atoms with van der Waals surface area (Å²) in [6, 6.07) is 0. The minimum Gasteiger partial charge on any atom is -0.392 e. The lowest BCUT2D eigenvalue weighted by Gasteiger charge is -2.17. The van der Waals surface area contributed by atoms with Gasteiger partial charge in [-0.25, -0.2) is 0 Å². The first-order valence-electron chi connectivity index (χ1n) is 4.40. The molecule has 1 rings (SSSR count). The lowest BCUT2D eigenvalue weighted by molar-refractivity contribution is 0.0572. The topological polar surface area (TPSA) is 63.9 Å². The van der Waals surface area contributed by atoms with Crippen LogP contribution in [0.2, 0.25) is 0 Å². The van der Waals surface area contributed by atoms with Gasteiger partial charge in [-0.05, 0) is 6.42 Å². The Bertz CT molecular complexity index is 132. The molecular weight excluding hydrogens is 158 g/mol. The van der Waals surface area contributed by atoms with E-state index in [1.54, 1.807) is 0 Å². The molecule has 0 aliphatic carbocycles. The van der Waals surface area contributed by atoms with Crippen LogP contribution in [0.3, 0.4) is 0 Å². The molecule has 1 fully saturated rings. The van der Waals surface area contributed by atoms with Gasteiger partial charge in [-0.1, -0.05) is 6.92 Å². The lowest BCUT2D eigenvalue weighted by Crippen LogP contribution is -2.31. The zero-order chi connectivity index (χ0) is 9.14. The molecule has 72 valence electrons. The summed E-state index contributed by atoms with van der Waals surface area (Å²) in [5.74, 6) is 0. The van der Waals surface area contributed by atoms with Gasteiger partial charge in [0.05, 0.1) is 18.3 Å². The van der Waals surface area contributed by atoms with Crippen LogP contribution in [0.1, 0.15) is 13.3 Å². The number of nitrogens with zero attached hydrogens (tertiary/aromatic N) is 1. The smallest absolute Gasteiger partial charge is 0.0938 e. The van der Waals surface area contributed by atoms with Crippen molar-refractivity contribution in [3.05, 3.63) is 0 Å². The maximum atomic E-state index is 9.29. The molecule has 1 unspecified atom stereocenters. The van der Waals surface area contributed by atoms with Gasteiger partial charge in [-0.2, -0.15) is 0 Å². The highest BCUT2D eigenvalue weighted by atomic mass is 16.3. The molecule has 1 saturated heterocycles. The molecule has 4 nitrogen and oxygen atoms in total. The summed E-state index contributed by atoms with van der Waals surface area (Å²) in [4.78, 5) is 1.88. The second-order valence-electron chi connectivity index (χ2n) is 3.42. The normalized spacial score (nSPS) is 34.0. The van der Waals surface area contributed by atoms with Gasteiger partial charge in [0.1, 0.15) is 0 Å². The monoisotopic (exact) mass is 175 g/mol. The molecule has 0 bridgehead atoms. The minimum absolute atomic E-state index is 0.345. The third-order valence-corrected chi connectivity index (χ3v) is 2.27. The van der Waals surface area contributed by atoms with Crippen LogP contribution in [0.25, 0.3) is 0 Å². The van der Waals surface area contributed by atoms with Crippen molar-refractivity contribution >= 4 is 0 Å². The Balaban J connectivity index is 2.27. The third-order valence-electron chi connectivity index (χ3n) is 2.27. The Hall–Kier alpha value is -0.160. The first-order valence-corrected chi connectivity index (χ1v) is 4.40. The van der Waals surface area contributed by atoms with Gasteiger partial charge >= 0.3 is 0 Å². The zero-order valence-electron chi connectivity index (χ0n) is 7.35. The van der Waals surface area contributed by atoms with Crippen molar-refractivity contribution < 1.29 is 15.3 Å². The lowest BCUT2D eigenvalue weighted by atomic mass is 10.2. The zero-order valence-corrected chi connectivity index (χ0v) is 7.35. The van der Waals surface area contributed by atoms with Crippen molar-refractivity contribution in [3.63, 3.8) is 0 Å². The predicted molar refractivity (Wildman–Crippen MR) is 44.8 cm³/mol. The van der Waals surface area contributed by atoms with Gasteiger partial charge in [0, 0.05) is 19.6 Å². The van der Waals surface area contributed by atoms with Crippen molar-refractivity contribution in [3.8, 4) is 0 Å². The molecular formula is C8H17NO3. The molecule has 0 aromatic rings.